The zero-order chi connectivity index (χ0) is 13.9. The minimum Gasteiger partial charge on any atom is -0.268 e. The number of rotatable bonds is 5. The molecule has 0 saturated carbocycles. The summed E-state index contributed by atoms with van der Waals surface area (Å²) in [6.07, 6.45) is 3.41. The zero-order valence-electron chi connectivity index (χ0n) is 10.2. The van der Waals surface area contributed by atoms with Gasteiger partial charge in [0.1, 0.15) is 4.66 Å². The van der Waals surface area contributed by atoms with Crippen molar-refractivity contribution in [1.82, 2.24) is 19.5 Å². The minimum absolute atomic E-state index is 0.121. The van der Waals surface area contributed by atoms with Crippen LogP contribution in [0.15, 0.2) is 30.6 Å². The second-order valence-electron chi connectivity index (χ2n) is 3.93. The summed E-state index contributed by atoms with van der Waals surface area (Å²) in [7, 11) is -1.46. The van der Waals surface area contributed by atoms with Gasteiger partial charge in [-0.05, 0) is 18.2 Å². The van der Waals surface area contributed by atoms with E-state index in [1.807, 2.05) is 25.2 Å². The molecule has 0 atom stereocenters. The molecule has 0 bridgehead atoms. The van der Waals surface area contributed by atoms with E-state index in [9.17, 15) is 8.42 Å². The average Bonchev–Trinajstić information content (AvgIpc) is 2.79. The van der Waals surface area contributed by atoms with Crippen molar-refractivity contribution in [2.45, 2.75) is 6.54 Å². The van der Waals surface area contributed by atoms with Crippen molar-refractivity contribution in [2.24, 2.45) is 7.05 Å². The van der Waals surface area contributed by atoms with Crippen LogP contribution in [0.5, 0.6) is 0 Å². The van der Waals surface area contributed by atoms with Crippen LogP contribution in [-0.4, -0.2) is 27.8 Å². The van der Waals surface area contributed by atoms with Gasteiger partial charge in [0.25, 0.3) is 0 Å². The fourth-order valence-electron chi connectivity index (χ4n) is 1.63. The molecule has 6 nitrogen and oxygen atoms in total. The molecule has 2 aromatic heterocycles. The molecule has 2 aromatic rings. The molecule has 1 N–H and O–H groups in total. The highest BCUT2D eigenvalue weighted by Gasteiger charge is 2.11. The van der Waals surface area contributed by atoms with Crippen molar-refractivity contribution < 1.29 is 8.42 Å². The lowest BCUT2D eigenvalue weighted by molar-refractivity contribution is 0.585. The van der Waals surface area contributed by atoms with E-state index in [2.05, 4.69) is 30.7 Å². The van der Waals surface area contributed by atoms with Crippen LogP contribution in [0.25, 0.3) is 11.3 Å². The largest absolute Gasteiger partial charge is 0.268 e. The van der Waals surface area contributed by atoms with Gasteiger partial charge in [0.05, 0.1) is 17.9 Å². The van der Waals surface area contributed by atoms with Crippen molar-refractivity contribution in [3.05, 3.63) is 36.3 Å². The van der Waals surface area contributed by atoms with Crippen LogP contribution in [0.4, 0.5) is 0 Å². The molecule has 0 fully saturated rings. The molecule has 0 aliphatic carbocycles. The Morgan fingerprint density at radius 2 is 2.05 bits per heavy atom. The average molecular weight is 345 g/mol. The van der Waals surface area contributed by atoms with Crippen LogP contribution in [0.3, 0.4) is 0 Å². The molecule has 0 aliphatic rings. The number of nitrogens with zero attached hydrogens (tertiary/aromatic N) is 3. The van der Waals surface area contributed by atoms with Gasteiger partial charge in [-0.25, -0.2) is 13.1 Å². The lowest BCUT2D eigenvalue weighted by atomic mass is 10.2. The lowest BCUT2D eigenvalue weighted by Crippen LogP contribution is -2.24. The molecule has 102 valence electrons. The summed E-state index contributed by atoms with van der Waals surface area (Å²) in [6.45, 7) is 0.173. The molecule has 2 heterocycles. The van der Waals surface area contributed by atoms with Gasteiger partial charge in [-0.1, -0.05) is 15.9 Å². The van der Waals surface area contributed by atoms with E-state index in [1.165, 1.54) is 0 Å². The van der Waals surface area contributed by atoms with E-state index >= 15 is 0 Å². The third-order valence-corrected chi connectivity index (χ3v) is 5.20. The predicted octanol–water partition coefficient (Wildman–Crippen LogP) is 1.25. The molecule has 8 heteroatoms. The number of aromatic nitrogens is 3. The molecular formula is C11H13BrN4O2S. The third kappa shape index (κ3) is 3.62. The van der Waals surface area contributed by atoms with Crippen molar-refractivity contribution in [3.8, 4) is 11.3 Å². The number of pyridine rings is 1. The van der Waals surface area contributed by atoms with Crippen LogP contribution in [-0.2, 0) is 23.6 Å². The maximum Gasteiger partial charge on any atom is 0.221 e. The van der Waals surface area contributed by atoms with Gasteiger partial charge >= 0.3 is 0 Å². The van der Waals surface area contributed by atoms with Gasteiger partial charge in [0, 0.05) is 25.0 Å². The Bertz CT molecular complexity index is 655. The van der Waals surface area contributed by atoms with E-state index in [0.717, 1.165) is 11.3 Å². The normalized spacial score (nSPS) is 11.7. The number of hydrogen-bond donors (Lipinski definition) is 1. The summed E-state index contributed by atoms with van der Waals surface area (Å²) >= 11 is 2.92. The van der Waals surface area contributed by atoms with E-state index in [4.69, 9.17) is 0 Å². The van der Waals surface area contributed by atoms with Gasteiger partial charge in [0.15, 0.2) is 0 Å². The highest BCUT2D eigenvalue weighted by molar-refractivity contribution is 9.10. The first-order chi connectivity index (χ1) is 9.02. The molecule has 0 radical (unpaired) electrons. The van der Waals surface area contributed by atoms with Crippen molar-refractivity contribution in [1.29, 1.82) is 0 Å². The topological polar surface area (TPSA) is 76.9 Å². The second-order valence-corrected chi connectivity index (χ2v) is 7.04. The molecular weight excluding hydrogens is 332 g/mol. The zero-order valence-corrected chi connectivity index (χ0v) is 12.6. The quantitative estimate of drug-likeness (QED) is 0.828. The number of aryl methyl sites for hydroxylation is 1. The Kier molecular flexibility index (Phi) is 4.33. The van der Waals surface area contributed by atoms with Gasteiger partial charge in [-0.2, -0.15) is 5.10 Å². The Balaban J connectivity index is 2.18. The van der Waals surface area contributed by atoms with Gasteiger partial charge in [0.2, 0.25) is 10.0 Å². The number of nitrogens with one attached hydrogen (secondary N) is 1. The Morgan fingerprint density at radius 1 is 1.37 bits per heavy atom. The summed E-state index contributed by atoms with van der Waals surface area (Å²) in [5.74, 6) is 0. The predicted molar refractivity (Wildman–Crippen MR) is 76.0 cm³/mol. The monoisotopic (exact) mass is 344 g/mol. The van der Waals surface area contributed by atoms with Crippen molar-refractivity contribution in [3.63, 3.8) is 0 Å². The maximum atomic E-state index is 11.3. The fourth-order valence-corrected chi connectivity index (χ4v) is 2.56. The Morgan fingerprint density at radius 3 is 2.68 bits per heavy atom. The van der Waals surface area contributed by atoms with E-state index < -0.39 is 10.0 Å². The SMILES string of the molecule is Cn1nc(CNS(=O)(=O)CBr)cc1-c1ccncc1. The maximum absolute atomic E-state index is 11.3. The molecule has 2 rings (SSSR count). The Hall–Kier alpha value is -1.25. The molecule has 0 unspecified atom stereocenters. The van der Waals surface area contributed by atoms with E-state index in [0.29, 0.717) is 5.69 Å². The number of sulfonamides is 1. The van der Waals surface area contributed by atoms with Crippen LogP contribution >= 0.6 is 15.9 Å². The van der Waals surface area contributed by atoms with E-state index in [-0.39, 0.29) is 11.2 Å². The first-order valence-electron chi connectivity index (χ1n) is 5.48. The number of halogens is 1. The summed E-state index contributed by atoms with van der Waals surface area (Å²) in [5, 5.41) is 4.28. The Labute approximate surface area is 120 Å². The standard InChI is InChI=1S/C11H13BrN4O2S/c1-16-11(9-2-4-13-5-3-9)6-10(15-16)7-14-19(17,18)8-12/h2-6,14H,7-8H2,1H3. The number of alkyl halides is 1. The molecule has 19 heavy (non-hydrogen) atoms. The van der Waals surface area contributed by atoms with E-state index in [1.54, 1.807) is 17.1 Å². The fraction of sp³-hybridized carbons (Fsp3) is 0.273. The van der Waals surface area contributed by atoms with Crippen LogP contribution in [0.2, 0.25) is 0 Å². The minimum atomic E-state index is -3.28. The lowest BCUT2D eigenvalue weighted by Gasteiger charge is -1.99. The van der Waals surface area contributed by atoms with Crippen molar-refractivity contribution in [2.75, 3.05) is 4.66 Å². The summed E-state index contributed by atoms with van der Waals surface area (Å²) in [5.41, 5.74) is 2.56. The molecule has 0 aromatic carbocycles. The third-order valence-electron chi connectivity index (χ3n) is 2.52. The van der Waals surface area contributed by atoms with Crippen molar-refractivity contribution >= 4 is 26.0 Å². The van der Waals surface area contributed by atoms with Gasteiger partial charge in [-0.3, -0.25) is 9.67 Å². The highest BCUT2D eigenvalue weighted by Crippen LogP contribution is 2.18. The number of hydrogen-bond acceptors (Lipinski definition) is 4. The van der Waals surface area contributed by atoms with Crippen LogP contribution in [0, 0.1) is 0 Å². The van der Waals surface area contributed by atoms with Gasteiger partial charge < -0.3 is 0 Å². The highest BCUT2D eigenvalue weighted by atomic mass is 79.9. The molecule has 0 amide bonds. The van der Waals surface area contributed by atoms with Crippen LogP contribution < -0.4 is 4.72 Å². The summed E-state index contributed by atoms with van der Waals surface area (Å²) in [6, 6.07) is 5.61. The molecule has 0 saturated heterocycles. The summed E-state index contributed by atoms with van der Waals surface area (Å²) < 4.78 is 26.7. The van der Waals surface area contributed by atoms with Gasteiger partial charge in [-0.15, -0.1) is 0 Å². The first kappa shape index (κ1) is 14.2. The molecule has 0 aliphatic heterocycles. The van der Waals surface area contributed by atoms with Crippen LogP contribution in [0.1, 0.15) is 5.69 Å². The summed E-state index contributed by atoms with van der Waals surface area (Å²) in [4.78, 5) is 3.96. The second kappa shape index (κ2) is 5.81. The molecule has 0 spiro atoms. The first-order valence-corrected chi connectivity index (χ1v) is 8.26. The smallest absolute Gasteiger partial charge is 0.221 e.